The zero-order valence-electron chi connectivity index (χ0n) is 28.2. The molecule has 20 nitrogen and oxygen atoms in total. The molecule has 0 saturated heterocycles. The number of aromatic nitrogens is 12. The molecule has 0 fully saturated rings. The average molecular weight is 709 g/mol. The number of nitrogen functional groups attached to an aromatic ring is 1. The van der Waals surface area contributed by atoms with Crippen molar-refractivity contribution in [1.29, 1.82) is 0 Å². The number of nitrogens with one attached hydrogen (secondary N) is 5. The van der Waals surface area contributed by atoms with E-state index < -0.39 is 5.97 Å². The van der Waals surface area contributed by atoms with Gasteiger partial charge in [-0.2, -0.15) is 57.5 Å². The van der Waals surface area contributed by atoms with Crippen LogP contribution < -0.4 is 32.3 Å². The molecule has 8 N–H and O–H groups in total. The molecule has 0 amide bonds. The number of thiol groups is 1. The summed E-state index contributed by atoms with van der Waals surface area (Å²) >= 11 is 4.22. The van der Waals surface area contributed by atoms with Crippen LogP contribution in [0.25, 0.3) is 0 Å². The Morgan fingerprint density at radius 1 is 0.640 bits per heavy atom. The van der Waals surface area contributed by atoms with Gasteiger partial charge >= 0.3 is 5.97 Å². The first kappa shape index (κ1) is 37.5. The second kappa shape index (κ2) is 20.2. The number of aryl methyl sites for hydroxylation is 5. The van der Waals surface area contributed by atoms with Crippen LogP contribution in [0.1, 0.15) is 61.7 Å². The molecule has 4 aromatic heterocycles. The highest BCUT2D eigenvalue weighted by Gasteiger charge is 2.10. The molecule has 4 rings (SSSR count). The van der Waals surface area contributed by atoms with Crippen molar-refractivity contribution in [2.75, 3.05) is 70.8 Å². The number of aliphatic carboxylic acids is 1. The van der Waals surface area contributed by atoms with Crippen molar-refractivity contribution in [3.8, 4) is 0 Å². The van der Waals surface area contributed by atoms with E-state index in [1.807, 2.05) is 6.92 Å². The van der Waals surface area contributed by atoms with E-state index in [4.69, 9.17) is 10.8 Å². The van der Waals surface area contributed by atoms with Crippen molar-refractivity contribution >= 4 is 54.3 Å². The highest BCUT2D eigenvalue weighted by Crippen LogP contribution is 2.10. The van der Waals surface area contributed by atoms with Crippen LogP contribution in [-0.2, 0) is 30.5 Å². The van der Waals surface area contributed by atoms with E-state index in [0.717, 1.165) is 6.42 Å². The number of carboxylic acids is 1. The number of hydrogen-bond donors (Lipinski definition) is 8. The zero-order valence-corrected chi connectivity index (χ0v) is 29.1. The highest BCUT2D eigenvalue weighted by molar-refractivity contribution is 7.80. The van der Waals surface area contributed by atoms with Gasteiger partial charge in [-0.3, -0.25) is 4.79 Å². The van der Waals surface area contributed by atoms with Gasteiger partial charge in [-0.25, -0.2) is 15.0 Å². The summed E-state index contributed by atoms with van der Waals surface area (Å²) in [4.78, 5) is 63.2. The third-order valence-corrected chi connectivity index (χ3v) is 6.93. The summed E-state index contributed by atoms with van der Waals surface area (Å²) in [5, 5.41) is 24.8. The van der Waals surface area contributed by atoms with Gasteiger partial charge < -0.3 is 37.4 Å². The van der Waals surface area contributed by atoms with Gasteiger partial charge in [-0.1, -0.05) is 6.92 Å². The van der Waals surface area contributed by atoms with Crippen LogP contribution in [0.3, 0.4) is 0 Å². The van der Waals surface area contributed by atoms with Crippen molar-refractivity contribution in [1.82, 2.24) is 59.8 Å². The van der Waals surface area contributed by atoms with Crippen LogP contribution >= 0.6 is 12.6 Å². The Hall–Kier alpha value is -5.34. The number of rotatable bonds is 23. The van der Waals surface area contributed by atoms with Crippen molar-refractivity contribution < 1.29 is 9.90 Å². The van der Waals surface area contributed by atoms with E-state index in [0.29, 0.717) is 129 Å². The minimum atomic E-state index is -0.916. The molecule has 4 aromatic rings. The molecule has 4 heterocycles. The predicted molar refractivity (Wildman–Crippen MR) is 191 cm³/mol. The van der Waals surface area contributed by atoms with Crippen LogP contribution in [0.15, 0.2) is 6.33 Å². The zero-order chi connectivity index (χ0) is 35.6. The van der Waals surface area contributed by atoms with Gasteiger partial charge in [0.1, 0.15) is 35.4 Å². The van der Waals surface area contributed by atoms with Crippen LogP contribution in [0.4, 0.5) is 35.7 Å². The topological polar surface area (TPSA) is 278 Å². The van der Waals surface area contributed by atoms with E-state index >= 15 is 0 Å². The molecule has 0 aliphatic carbocycles. The first-order valence-corrected chi connectivity index (χ1v) is 17.1. The Balaban J connectivity index is 1.23. The van der Waals surface area contributed by atoms with E-state index in [2.05, 4.69) is 99.0 Å². The first-order chi connectivity index (χ1) is 24.3. The summed E-state index contributed by atoms with van der Waals surface area (Å²) in [7, 11) is 0. The van der Waals surface area contributed by atoms with E-state index in [1.165, 1.54) is 6.33 Å². The maximum Gasteiger partial charge on any atom is 0.305 e. The van der Waals surface area contributed by atoms with Crippen LogP contribution in [0.2, 0.25) is 0 Å². The maximum absolute atomic E-state index is 11.0. The standard InChI is InChI=1S/C29H44N18O2S/c1-3-19-41-26(46-29(42-19)35-15-16-50)32-12-4-7-20-36-17-37-25(43-20)31-11-6-9-22-44-27(47-28(45-22)34-14-10-23(48)49)33-13-5-8-21-38-18(2)39-24(30)40-21/h17,50H,3-16H2,1-2H3,(H,48,49)(H2,30,38,39,40)(H,31,36,37,43)(H2,32,35,41,42,46)(H2,33,34,44,45,47). The molecular formula is C29H44N18O2S. The monoisotopic (exact) mass is 708 g/mol. The largest absolute Gasteiger partial charge is 0.481 e. The molecule has 0 bridgehead atoms. The molecule has 0 atom stereocenters. The number of carbonyl (C=O) groups is 1. The van der Waals surface area contributed by atoms with Crippen LogP contribution in [-0.4, -0.2) is 109 Å². The minimum absolute atomic E-state index is 0.0683. The Kier molecular flexibility index (Phi) is 15.2. The number of nitrogens with two attached hydrogens (primary N) is 1. The van der Waals surface area contributed by atoms with E-state index in [1.54, 1.807) is 6.92 Å². The van der Waals surface area contributed by atoms with Crippen molar-refractivity contribution in [2.45, 2.75) is 65.2 Å². The molecule has 0 aliphatic rings. The molecular weight excluding hydrogens is 665 g/mol. The fourth-order valence-corrected chi connectivity index (χ4v) is 4.53. The summed E-state index contributed by atoms with van der Waals surface area (Å²) in [6.45, 7) is 6.37. The number of anilines is 6. The number of carboxylic acid groups (broad SMARTS) is 1. The predicted octanol–water partition coefficient (Wildman–Crippen LogP) is 1.24. The first-order valence-electron chi connectivity index (χ1n) is 16.5. The molecule has 0 aromatic carbocycles. The minimum Gasteiger partial charge on any atom is -0.481 e. The molecule has 0 unspecified atom stereocenters. The summed E-state index contributed by atoms with van der Waals surface area (Å²) in [5.41, 5.74) is 5.72. The lowest BCUT2D eigenvalue weighted by molar-refractivity contribution is -0.136. The van der Waals surface area contributed by atoms with E-state index in [-0.39, 0.29) is 18.9 Å². The van der Waals surface area contributed by atoms with Gasteiger partial charge in [-0.05, 0) is 26.2 Å². The summed E-state index contributed by atoms with van der Waals surface area (Å²) < 4.78 is 0. The van der Waals surface area contributed by atoms with E-state index in [9.17, 15) is 4.79 Å². The number of hydrogen-bond acceptors (Lipinski definition) is 20. The van der Waals surface area contributed by atoms with Crippen LogP contribution in [0.5, 0.6) is 0 Å². The van der Waals surface area contributed by atoms with Gasteiger partial charge in [0.15, 0.2) is 0 Å². The fourth-order valence-electron chi connectivity index (χ4n) is 4.42. The molecule has 0 aliphatic heterocycles. The smallest absolute Gasteiger partial charge is 0.305 e. The molecule has 0 spiro atoms. The molecule has 268 valence electrons. The quantitative estimate of drug-likeness (QED) is 0.0397. The Bertz CT molecular complexity index is 1640. The van der Waals surface area contributed by atoms with Crippen LogP contribution in [0, 0.1) is 6.92 Å². The van der Waals surface area contributed by atoms with Gasteiger partial charge in [-0.15, -0.1) is 0 Å². The van der Waals surface area contributed by atoms with Gasteiger partial charge in [0.05, 0.1) is 6.42 Å². The van der Waals surface area contributed by atoms with Gasteiger partial charge in [0.25, 0.3) is 0 Å². The SMILES string of the molecule is CCc1nc(NCCS)nc(NCCCc2ncnc(NCCCc3nc(NCCCc4nc(C)nc(N)n4)nc(NCCC(=O)O)n3)n2)n1. The van der Waals surface area contributed by atoms with Crippen molar-refractivity contribution in [2.24, 2.45) is 0 Å². The molecule has 0 radical (unpaired) electrons. The van der Waals surface area contributed by atoms with Gasteiger partial charge in [0, 0.05) is 64.2 Å². The maximum atomic E-state index is 11.0. The third-order valence-electron chi connectivity index (χ3n) is 6.71. The van der Waals surface area contributed by atoms with Gasteiger partial charge in [0.2, 0.25) is 35.7 Å². The second-order valence-corrected chi connectivity index (χ2v) is 11.3. The second-order valence-electron chi connectivity index (χ2n) is 10.8. The average Bonchev–Trinajstić information content (AvgIpc) is 3.09. The Morgan fingerprint density at radius 2 is 1.14 bits per heavy atom. The Morgan fingerprint density at radius 3 is 1.70 bits per heavy atom. The molecule has 50 heavy (non-hydrogen) atoms. The molecule has 0 saturated carbocycles. The number of nitrogens with zero attached hydrogens (tertiary/aromatic N) is 12. The lowest BCUT2D eigenvalue weighted by atomic mass is 10.3. The lowest BCUT2D eigenvalue weighted by Crippen LogP contribution is -2.15. The summed E-state index contributed by atoms with van der Waals surface area (Å²) in [6.07, 6.45) is 6.05. The lowest BCUT2D eigenvalue weighted by Gasteiger charge is -2.10. The molecule has 21 heteroatoms. The fraction of sp³-hybridized carbons (Fsp3) is 0.552. The third kappa shape index (κ3) is 13.6. The highest BCUT2D eigenvalue weighted by atomic mass is 32.1. The summed E-state index contributed by atoms with van der Waals surface area (Å²) in [6, 6.07) is 0. The van der Waals surface area contributed by atoms with Crippen molar-refractivity contribution in [3.05, 3.63) is 35.4 Å². The van der Waals surface area contributed by atoms with Crippen molar-refractivity contribution in [3.63, 3.8) is 0 Å². The normalized spacial score (nSPS) is 10.9. The summed E-state index contributed by atoms with van der Waals surface area (Å²) in [5.74, 6) is 5.32. The Labute approximate surface area is 295 Å².